The zero-order valence-corrected chi connectivity index (χ0v) is 13.4. The summed E-state index contributed by atoms with van der Waals surface area (Å²) < 4.78 is 33.5. The minimum absolute atomic E-state index is 0.430. The fourth-order valence-electron chi connectivity index (χ4n) is 2.05. The molecule has 0 radical (unpaired) electrons. The lowest BCUT2D eigenvalue weighted by atomic mass is 10.3. The van der Waals surface area contributed by atoms with Gasteiger partial charge in [-0.1, -0.05) is 0 Å². The first-order chi connectivity index (χ1) is 10.8. The molecular formula is C16H22O6. The fourth-order valence-corrected chi connectivity index (χ4v) is 2.05. The van der Waals surface area contributed by atoms with Crippen molar-refractivity contribution >= 4 is 0 Å². The third-order valence-electron chi connectivity index (χ3n) is 2.81. The smallest absolute Gasteiger partial charge is 0.219 e. The van der Waals surface area contributed by atoms with Crippen molar-refractivity contribution in [1.82, 2.24) is 0 Å². The van der Waals surface area contributed by atoms with E-state index in [-0.39, 0.29) is 0 Å². The van der Waals surface area contributed by atoms with Crippen LogP contribution in [-0.4, -0.2) is 26.4 Å². The van der Waals surface area contributed by atoms with Crippen molar-refractivity contribution < 1.29 is 27.8 Å². The Kier molecular flexibility index (Phi) is 5.63. The van der Waals surface area contributed by atoms with E-state index >= 15 is 0 Å². The molecule has 0 spiro atoms. The van der Waals surface area contributed by atoms with Crippen molar-refractivity contribution in [2.24, 2.45) is 0 Å². The Morgan fingerprint density at radius 3 is 1.32 bits per heavy atom. The molecule has 0 aliphatic rings. The summed E-state index contributed by atoms with van der Waals surface area (Å²) in [5.41, 5.74) is 0. The maximum Gasteiger partial charge on any atom is 0.219 e. The van der Waals surface area contributed by atoms with Gasteiger partial charge in [0.2, 0.25) is 34.5 Å². The molecule has 0 atom stereocenters. The molecule has 22 heavy (non-hydrogen) atoms. The molecule has 0 N–H and O–H groups in total. The average Bonchev–Trinajstić information content (AvgIpc) is 3.07. The zero-order chi connectivity index (χ0) is 15.9. The van der Waals surface area contributed by atoms with Gasteiger partial charge in [-0.2, -0.15) is 0 Å². The van der Waals surface area contributed by atoms with Crippen molar-refractivity contribution in [3.05, 3.63) is 12.5 Å². The van der Waals surface area contributed by atoms with Gasteiger partial charge < -0.3 is 27.8 Å². The Morgan fingerprint density at radius 1 is 0.636 bits per heavy atom. The van der Waals surface area contributed by atoms with Crippen LogP contribution in [0, 0.1) is 0 Å². The molecule has 0 bridgehead atoms. The predicted molar refractivity (Wildman–Crippen MR) is 81.1 cm³/mol. The van der Waals surface area contributed by atoms with Gasteiger partial charge in [-0.3, -0.25) is 0 Å². The molecule has 0 saturated carbocycles. The van der Waals surface area contributed by atoms with Crippen LogP contribution >= 0.6 is 0 Å². The van der Waals surface area contributed by atoms with E-state index in [9.17, 15) is 0 Å². The van der Waals surface area contributed by atoms with Crippen molar-refractivity contribution in [3.63, 3.8) is 0 Å². The predicted octanol–water partition coefficient (Wildman–Crippen LogP) is 4.13. The zero-order valence-electron chi connectivity index (χ0n) is 13.4. The monoisotopic (exact) mass is 310 g/mol. The minimum atomic E-state index is 0.430. The molecule has 0 fully saturated rings. The van der Waals surface area contributed by atoms with E-state index in [2.05, 4.69) is 0 Å². The van der Waals surface area contributed by atoms with Crippen LogP contribution in [0.1, 0.15) is 27.7 Å². The second-order valence-corrected chi connectivity index (χ2v) is 4.25. The van der Waals surface area contributed by atoms with Gasteiger partial charge in [0.05, 0.1) is 26.4 Å². The highest BCUT2D eigenvalue weighted by Gasteiger charge is 2.27. The number of hydrogen-bond acceptors (Lipinski definition) is 6. The van der Waals surface area contributed by atoms with Crippen LogP contribution in [0.3, 0.4) is 0 Å². The van der Waals surface area contributed by atoms with Crippen LogP contribution in [0.4, 0.5) is 0 Å². The Morgan fingerprint density at radius 2 is 1.00 bits per heavy atom. The molecule has 0 unspecified atom stereocenters. The molecule has 0 aliphatic carbocycles. The van der Waals surface area contributed by atoms with E-state index in [0.29, 0.717) is 60.9 Å². The third kappa shape index (κ3) is 3.16. The standard InChI is InChI=1S/C16H22O6/c1-5-17-11-9-21-15(13(11)19-7-3)16-14(20-8-4)12(10-22-16)18-6-2/h9-10H,5-8H2,1-4H3. The summed E-state index contributed by atoms with van der Waals surface area (Å²) in [4.78, 5) is 0. The largest absolute Gasteiger partial charge is 0.487 e. The summed E-state index contributed by atoms with van der Waals surface area (Å²) in [6.45, 7) is 9.57. The van der Waals surface area contributed by atoms with Gasteiger partial charge in [0.15, 0.2) is 0 Å². The number of hydrogen-bond donors (Lipinski definition) is 0. The van der Waals surface area contributed by atoms with Crippen LogP contribution in [0.5, 0.6) is 23.0 Å². The molecule has 122 valence electrons. The second-order valence-electron chi connectivity index (χ2n) is 4.25. The molecule has 2 heterocycles. The van der Waals surface area contributed by atoms with Crippen molar-refractivity contribution in [1.29, 1.82) is 0 Å². The Bertz CT molecular complexity index is 531. The van der Waals surface area contributed by atoms with Crippen LogP contribution in [0.25, 0.3) is 11.5 Å². The molecule has 2 rings (SSSR count). The Labute approximate surface area is 129 Å². The lowest BCUT2D eigenvalue weighted by molar-refractivity contribution is 0.288. The van der Waals surface area contributed by atoms with Gasteiger partial charge in [-0.05, 0) is 27.7 Å². The molecule has 0 aromatic carbocycles. The molecule has 0 saturated heterocycles. The summed E-state index contributed by atoms with van der Waals surface area (Å²) in [6, 6.07) is 0. The summed E-state index contributed by atoms with van der Waals surface area (Å²) in [6.07, 6.45) is 3.00. The van der Waals surface area contributed by atoms with Crippen molar-refractivity contribution in [2.45, 2.75) is 27.7 Å². The topological polar surface area (TPSA) is 63.2 Å². The minimum Gasteiger partial charge on any atom is -0.487 e. The van der Waals surface area contributed by atoms with Gasteiger partial charge in [0, 0.05) is 0 Å². The van der Waals surface area contributed by atoms with E-state index in [4.69, 9.17) is 27.8 Å². The van der Waals surface area contributed by atoms with E-state index in [1.807, 2.05) is 27.7 Å². The van der Waals surface area contributed by atoms with Crippen molar-refractivity contribution in [3.8, 4) is 34.5 Å². The molecular weight excluding hydrogens is 288 g/mol. The number of rotatable bonds is 9. The maximum atomic E-state index is 5.64. The summed E-state index contributed by atoms with van der Waals surface area (Å²) in [5.74, 6) is 2.94. The molecule has 2 aromatic heterocycles. The lowest BCUT2D eigenvalue weighted by Gasteiger charge is -2.08. The van der Waals surface area contributed by atoms with E-state index in [1.165, 1.54) is 12.5 Å². The highest BCUT2D eigenvalue weighted by atomic mass is 16.5. The SMILES string of the molecule is CCOc1coc(-c2occ(OCC)c2OCC)c1OCC. The fraction of sp³-hybridized carbons (Fsp3) is 0.500. The lowest BCUT2D eigenvalue weighted by Crippen LogP contribution is -1.98. The highest BCUT2D eigenvalue weighted by Crippen LogP contribution is 2.48. The molecule has 6 heteroatoms. The van der Waals surface area contributed by atoms with Gasteiger partial charge in [-0.15, -0.1) is 0 Å². The normalized spacial score (nSPS) is 10.5. The highest BCUT2D eigenvalue weighted by molar-refractivity contribution is 5.72. The van der Waals surface area contributed by atoms with Gasteiger partial charge in [0.1, 0.15) is 12.5 Å². The van der Waals surface area contributed by atoms with Crippen LogP contribution in [0.2, 0.25) is 0 Å². The number of furan rings is 2. The summed E-state index contributed by atoms with van der Waals surface area (Å²) in [7, 11) is 0. The van der Waals surface area contributed by atoms with Crippen LogP contribution < -0.4 is 18.9 Å². The quantitative estimate of drug-likeness (QED) is 0.694. The second kappa shape index (κ2) is 7.68. The van der Waals surface area contributed by atoms with Gasteiger partial charge in [0.25, 0.3) is 0 Å². The van der Waals surface area contributed by atoms with Crippen LogP contribution in [-0.2, 0) is 0 Å². The Balaban J connectivity index is 2.46. The maximum absolute atomic E-state index is 5.64. The first kappa shape index (κ1) is 16.1. The summed E-state index contributed by atoms with van der Waals surface area (Å²) >= 11 is 0. The molecule has 6 nitrogen and oxygen atoms in total. The van der Waals surface area contributed by atoms with E-state index < -0.39 is 0 Å². The van der Waals surface area contributed by atoms with E-state index in [1.54, 1.807) is 0 Å². The van der Waals surface area contributed by atoms with Crippen LogP contribution in [0.15, 0.2) is 21.4 Å². The van der Waals surface area contributed by atoms with E-state index in [0.717, 1.165) is 0 Å². The Hall–Kier alpha value is -2.24. The third-order valence-corrected chi connectivity index (χ3v) is 2.81. The summed E-state index contributed by atoms with van der Waals surface area (Å²) in [5, 5.41) is 0. The first-order valence-corrected chi connectivity index (χ1v) is 7.51. The van der Waals surface area contributed by atoms with Gasteiger partial charge >= 0.3 is 0 Å². The molecule has 0 aliphatic heterocycles. The first-order valence-electron chi connectivity index (χ1n) is 7.51. The molecule has 2 aromatic rings. The van der Waals surface area contributed by atoms with Gasteiger partial charge in [-0.25, -0.2) is 0 Å². The van der Waals surface area contributed by atoms with Crippen molar-refractivity contribution in [2.75, 3.05) is 26.4 Å². The molecule has 0 amide bonds. The average molecular weight is 310 g/mol. The number of ether oxygens (including phenoxy) is 4.